The van der Waals surface area contributed by atoms with E-state index >= 15 is 0 Å². The van der Waals surface area contributed by atoms with Gasteiger partial charge >= 0.3 is 0 Å². The Hall–Kier alpha value is -1.91. The smallest absolute Gasteiger partial charge is 0.233 e. The number of furan rings is 1. The van der Waals surface area contributed by atoms with Gasteiger partial charge in [-0.05, 0) is 30.9 Å². The van der Waals surface area contributed by atoms with Crippen molar-refractivity contribution in [2.45, 2.75) is 26.3 Å². The Morgan fingerprint density at radius 1 is 1.26 bits per heavy atom. The zero-order valence-corrected chi connectivity index (χ0v) is 10.7. The largest absolute Gasteiger partial charge is 0.456 e. The van der Waals surface area contributed by atoms with E-state index in [9.17, 15) is 14.4 Å². The standard InChI is InChI=1S/C14H15NO4/c1-8-4-11-12(5-8)14(18)15(13(11)17)6-9-2-3-10(7-16)19-9/h2-3,7-8,11-12H,4-6H2,1H3. The lowest BCUT2D eigenvalue weighted by Crippen LogP contribution is -2.31. The highest BCUT2D eigenvalue weighted by molar-refractivity contribution is 6.05. The van der Waals surface area contributed by atoms with Gasteiger partial charge < -0.3 is 4.42 Å². The second-order valence-corrected chi connectivity index (χ2v) is 5.47. The molecule has 3 rings (SSSR count). The van der Waals surface area contributed by atoms with Crippen LogP contribution in [0.1, 0.15) is 36.1 Å². The van der Waals surface area contributed by atoms with Gasteiger partial charge in [0.1, 0.15) is 5.76 Å². The van der Waals surface area contributed by atoms with E-state index in [2.05, 4.69) is 6.92 Å². The molecule has 2 amide bonds. The van der Waals surface area contributed by atoms with Crippen molar-refractivity contribution in [1.82, 2.24) is 4.90 Å². The van der Waals surface area contributed by atoms with Gasteiger partial charge in [0.25, 0.3) is 0 Å². The van der Waals surface area contributed by atoms with E-state index in [-0.39, 0.29) is 36.0 Å². The third kappa shape index (κ3) is 1.89. The number of imide groups is 1. The van der Waals surface area contributed by atoms with Crippen molar-refractivity contribution in [2.75, 3.05) is 0 Å². The van der Waals surface area contributed by atoms with Gasteiger partial charge in [-0.3, -0.25) is 19.3 Å². The summed E-state index contributed by atoms with van der Waals surface area (Å²) in [5.41, 5.74) is 0. The van der Waals surface area contributed by atoms with Crippen LogP contribution in [0.4, 0.5) is 0 Å². The average Bonchev–Trinajstić information content (AvgIpc) is 3.04. The molecule has 0 bridgehead atoms. The molecule has 5 heteroatoms. The molecular formula is C14H15NO4. The summed E-state index contributed by atoms with van der Waals surface area (Å²) in [5.74, 6) is 0.632. The van der Waals surface area contributed by atoms with Crippen molar-refractivity contribution in [1.29, 1.82) is 0 Å². The highest BCUT2D eigenvalue weighted by atomic mass is 16.3. The first kappa shape index (κ1) is 12.1. The highest BCUT2D eigenvalue weighted by Gasteiger charge is 2.51. The Balaban J connectivity index is 1.77. The van der Waals surface area contributed by atoms with E-state index in [1.165, 1.54) is 11.0 Å². The second kappa shape index (κ2) is 4.33. The lowest BCUT2D eigenvalue weighted by Gasteiger charge is -2.15. The third-order valence-electron chi connectivity index (χ3n) is 4.08. The maximum Gasteiger partial charge on any atom is 0.233 e. The number of likely N-dealkylation sites (tertiary alicyclic amines) is 1. The van der Waals surface area contributed by atoms with Crippen LogP contribution in [0.25, 0.3) is 0 Å². The molecule has 2 aliphatic rings. The molecule has 1 saturated heterocycles. The number of carbonyl (C=O) groups is 3. The second-order valence-electron chi connectivity index (χ2n) is 5.47. The number of aldehydes is 1. The number of rotatable bonds is 3. The Morgan fingerprint density at radius 2 is 1.89 bits per heavy atom. The fourth-order valence-corrected chi connectivity index (χ4v) is 3.20. The normalized spacial score (nSPS) is 29.9. The van der Waals surface area contributed by atoms with Crippen LogP contribution in [0.5, 0.6) is 0 Å². The first-order valence-electron chi connectivity index (χ1n) is 6.49. The van der Waals surface area contributed by atoms with Crippen LogP contribution in [0, 0.1) is 17.8 Å². The zero-order valence-electron chi connectivity index (χ0n) is 10.7. The molecular weight excluding hydrogens is 246 g/mol. The molecule has 1 aromatic rings. The zero-order chi connectivity index (χ0) is 13.6. The van der Waals surface area contributed by atoms with E-state index in [1.807, 2.05) is 0 Å². The third-order valence-corrected chi connectivity index (χ3v) is 4.08. The molecule has 1 aliphatic heterocycles. The van der Waals surface area contributed by atoms with Crippen LogP contribution in [-0.2, 0) is 16.1 Å². The minimum absolute atomic E-state index is 0.0941. The lowest BCUT2D eigenvalue weighted by atomic mass is 10.00. The highest BCUT2D eigenvalue weighted by Crippen LogP contribution is 2.43. The average molecular weight is 261 g/mol. The van der Waals surface area contributed by atoms with Crippen LogP contribution < -0.4 is 0 Å². The summed E-state index contributed by atoms with van der Waals surface area (Å²) < 4.78 is 5.22. The Bertz CT molecular complexity index is 523. The van der Waals surface area contributed by atoms with Crippen LogP contribution in [0.15, 0.2) is 16.5 Å². The maximum atomic E-state index is 12.2. The minimum atomic E-state index is -0.150. The molecule has 19 heavy (non-hydrogen) atoms. The number of hydrogen-bond donors (Lipinski definition) is 0. The lowest BCUT2D eigenvalue weighted by molar-refractivity contribution is -0.141. The van der Waals surface area contributed by atoms with Crippen molar-refractivity contribution in [3.63, 3.8) is 0 Å². The van der Waals surface area contributed by atoms with Crippen molar-refractivity contribution in [3.05, 3.63) is 23.7 Å². The number of hydrogen-bond acceptors (Lipinski definition) is 4. The SMILES string of the molecule is CC1CC2C(=O)N(Cc3ccc(C=O)o3)C(=O)C2C1. The van der Waals surface area contributed by atoms with Gasteiger partial charge in [-0.25, -0.2) is 0 Å². The van der Waals surface area contributed by atoms with Crippen molar-refractivity contribution < 1.29 is 18.8 Å². The maximum absolute atomic E-state index is 12.2. The molecule has 0 radical (unpaired) electrons. The summed E-state index contributed by atoms with van der Waals surface area (Å²) in [5, 5.41) is 0. The summed E-state index contributed by atoms with van der Waals surface area (Å²) in [4.78, 5) is 36.2. The molecule has 2 fully saturated rings. The monoisotopic (exact) mass is 261 g/mol. The summed E-state index contributed by atoms with van der Waals surface area (Å²) in [6.07, 6.45) is 2.19. The van der Waals surface area contributed by atoms with Gasteiger partial charge in [-0.1, -0.05) is 6.92 Å². The number of nitrogens with zero attached hydrogens (tertiary/aromatic N) is 1. The van der Waals surface area contributed by atoms with E-state index in [0.717, 1.165) is 12.8 Å². The van der Waals surface area contributed by atoms with E-state index in [4.69, 9.17) is 4.42 Å². The fourth-order valence-electron chi connectivity index (χ4n) is 3.20. The molecule has 1 saturated carbocycles. The van der Waals surface area contributed by atoms with Gasteiger partial charge in [0.2, 0.25) is 11.8 Å². The molecule has 1 aromatic heterocycles. The Kier molecular flexibility index (Phi) is 2.77. The topological polar surface area (TPSA) is 67.6 Å². The Morgan fingerprint density at radius 3 is 2.42 bits per heavy atom. The van der Waals surface area contributed by atoms with Crippen molar-refractivity contribution in [3.8, 4) is 0 Å². The number of carbonyl (C=O) groups excluding carboxylic acids is 3. The quantitative estimate of drug-likeness (QED) is 0.612. The molecule has 2 atom stereocenters. The Labute approximate surface area is 110 Å². The molecule has 0 N–H and O–H groups in total. The summed E-state index contributed by atoms with van der Waals surface area (Å²) in [7, 11) is 0. The van der Waals surface area contributed by atoms with Crippen molar-refractivity contribution in [2.24, 2.45) is 17.8 Å². The fraction of sp³-hybridized carbons (Fsp3) is 0.500. The van der Waals surface area contributed by atoms with E-state index in [0.29, 0.717) is 18.0 Å². The molecule has 0 spiro atoms. The molecule has 5 nitrogen and oxygen atoms in total. The molecule has 0 aromatic carbocycles. The van der Waals surface area contributed by atoms with E-state index in [1.54, 1.807) is 6.07 Å². The minimum Gasteiger partial charge on any atom is -0.456 e. The summed E-state index contributed by atoms with van der Waals surface area (Å²) in [6, 6.07) is 3.16. The predicted molar refractivity (Wildman–Crippen MR) is 65.0 cm³/mol. The predicted octanol–water partition coefficient (Wildman–Crippen LogP) is 1.62. The van der Waals surface area contributed by atoms with Crippen LogP contribution in [0.3, 0.4) is 0 Å². The van der Waals surface area contributed by atoms with Crippen LogP contribution >= 0.6 is 0 Å². The van der Waals surface area contributed by atoms with Gasteiger partial charge in [0.05, 0.1) is 18.4 Å². The van der Waals surface area contributed by atoms with E-state index < -0.39 is 0 Å². The van der Waals surface area contributed by atoms with Crippen molar-refractivity contribution >= 4 is 18.1 Å². The van der Waals surface area contributed by atoms with Gasteiger partial charge in [-0.15, -0.1) is 0 Å². The van der Waals surface area contributed by atoms with Gasteiger partial charge in [-0.2, -0.15) is 0 Å². The van der Waals surface area contributed by atoms with Crippen LogP contribution in [-0.4, -0.2) is 23.0 Å². The number of amides is 2. The first-order chi connectivity index (χ1) is 9.10. The molecule has 1 aliphatic carbocycles. The first-order valence-corrected chi connectivity index (χ1v) is 6.49. The summed E-state index contributed by atoms with van der Waals surface area (Å²) in [6.45, 7) is 2.21. The molecule has 100 valence electrons. The molecule has 2 heterocycles. The molecule has 2 unspecified atom stereocenters. The van der Waals surface area contributed by atoms with Gasteiger partial charge in [0.15, 0.2) is 12.0 Å². The number of fused-ring (bicyclic) bond motifs is 1. The van der Waals surface area contributed by atoms with Crippen LogP contribution in [0.2, 0.25) is 0 Å². The van der Waals surface area contributed by atoms with Gasteiger partial charge in [0, 0.05) is 0 Å². The summed E-state index contributed by atoms with van der Waals surface area (Å²) >= 11 is 0.